The standard InChI is InChI=1S/C25H18ClF3N4O7S/c26-14-6-12(7-18-20(14)40-25(37,38)24(35,36)22(27)41-18)21(34)31-10-13-8-17-11(9-30-13)4-5-16(32-17)15-2-1-3-19(33-15)39-23(28)29/h1-9,22-23,35-38H,10H2,(H,31,34). The Labute approximate surface area is 237 Å². The molecular weight excluding hydrogens is 593 g/mol. The zero-order valence-corrected chi connectivity index (χ0v) is 21.9. The fourth-order valence-corrected chi connectivity index (χ4v) is 5.04. The maximum Gasteiger partial charge on any atom is 0.388 e. The Morgan fingerprint density at radius 2 is 1.88 bits per heavy atom. The minimum absolute atomic E-state index is 0.0694. The largest absolute Gasteiger partial charge is 0.432 e. The number of aromatic nitrogens is 3. The van der Waals surface area contributed by atoms with Gasteiger partial charge in [-0.3, -0.25) is 9.78 Å². The van der Waals surface area contributed by atoms with E-state index in [0.29, 0.717) is 28.0 Å². The molecule has 1 atom stereocenters. The Hall–Kier alpha value is -3.73. The number of amides is 1. The molecule has 0 radical (unpaired) electrons. The van der Waals surface area contributed by atoms with Crippen LogP contribution < -0.4 is 14.8 Å². The Morgan fingerprint density at radius 1 is 1.12 bits per heavy atom. The Kier molecular flexibility index (Phi) is 7.67. The van der Waals surface area contributed by atoms with Gasteiger partial charge in [-0.25, -0.2) is 14.4 Å². The highest BCUT2D eigenvalue weighted by Gasteiger charge is 2.59. The van der Waals surface area contributed by atoms with Crippen molar-refractivity contribution in [2.75, 3.05) is 0 Å². The molecule has 4 heterocycles. The van der Waals surface area contributed by atoms with Crippen molar-refractivity contribution < 1.29 is 47.9 Å². The molecule has 1 unspecified atom stereocenters. The molecule has 11 nitrogen and oxygen atoms in total. The van der Waals surface area contributed by atoms with Crippen molar-refractivity contribution in [2.45, 2.75) is 35.3 Å². The summed E-state index contributed by atoms with van der Waals surface area (Å²) in [6, 6.07) is 11.6. The molecule has 0 aliphatic carbocycles. The summed E-state index contributed by atoms with van der Waals surface area (Å²) in [5.41, 5.74) is -1.19. The van der Waals surface area contributed by atoms with Crippen LogP contribution in [0.3, 0.4) is 0 Å². The number of nitrogens with one attached hydrogen (secondary N) is 1. The quantitative estimate of drug-likeness (QED) is 0.204. The molecule has 3 aromatic heterocycles. The number of fused-ring (bicyclic) bond motifs is 2. The van der Waals surface area contributed by atoms with Crippen LogP contribution in [0.2, 0.25) is 5.02 Å². The van der Waals surface area contributed by atoms with Crippen LogP contribution in [0.25, 0.3) is 22.3 Å². The SMILES string of the molecule is O=C(NCc1cc2nc(-c3cccc(OC(F)F)n3)ccc2cn1)c1cc(Cl)c2c(c1)SC(F)C(O)(O)C(O)(O)O2. The van der Waals surface area contributed by atoms with Gasteiger partial charge in [0, 0.05) is 23.2 Å². The molecule has 1 aliphatic rings. The molecule has 0 saturated carbocycles. The summed E-state index contributed by atoms with van der Waals surface area (Å²) < 4.78 is 48.6. The number of rotatable bonds is 6. The molecule has 1 aromatic carbocycles. The van der Waals surface area contributed by atoms with Gasteiger partial charge in [0.15, 0.2) is 5.75 Å². The van der Waals surface area contributed by atoms with Crippen molar-refractivity contribution in [2.24, 2.45) is 0 Å². The molecule has 5 N–H and O–H groups in total. The van der Waals surface area contributed by atoms with Crippen LogP contribution in [0.5, 0.6) is 11.6 Å². The van der Waals surface area contributed by atoms with E-state index >= 15 is 0 Å². The summed E-state index contributed by atoms with van der Waals surface area (Å²) in [5.74, 6) is -8.84. The molecule has 5 rings (SSSR count). The van der Waals surface area contributed by atoms with Crippen LogP contribution in [0.4, 0.5) is 13.2 Å². The van der Waals surface area contributed by atoms with Gasteiger partial charge in [-0.15, -0.1) is 0 Å². The number of nitrogens with zero attached hydrogens (tertiary/aromatic N) is 3. The van der Waals surface area contributed by atoms with E-state index < -0.39 is 35.5 Å². The topological polar surface area (TPSA) is 167 Å². The first-order chi connectivity index (χ1) is 19.3. The smallest absolute Gasteiger partial charge is 0.388 e. The van der Waals surface area contributed by atoms with Gasteiger partial charge < -0.3 is 35.2 Å². The molecular formula is C25H18ClF3N4O7S. The minimum Gasteiger partial charge on any atom is -0.432 e. The fraction of sp³-hybridized carbons (Fsp3) is 0.200. The van der Waals surface area contributed by atoms with E-state index in [-0.39, 0.29) is 39.7 Å². The number of hydrogen-bond acceptors (Lipinski definition) is 11. The second-order valence-corrected chi connectivity index (χ2v) is 10.1. The van der Waals surface area contributed by atoms with Gasteiger partial charge in [0.05, 0.1) is 39.1 Å². The Morgan fingerprint density at radius 3 is 2.63 bits per heavy atom. The monoisotopic (exact) mass is 610 g/mol. The van der Waals surface area contributed by atoms with Crippen molar-refractivity contribution in [1.82, 2.24) is 20.3 Å². The molecule has 0 saturated heterocycles. The predicted molar refractivity (Wildman–Crippen MR) is 138 cm³/mol. The van der Waals surface area contributed by atoms with Crippen LogP contribution >= 0.6 is 23.4 Å². The van der Waals surface area contributed by atoms with Crippen molar-refractivity contribution in [1.29, 1.82) is 0 Å². The minimum atomic E-state index is -3.73. The van der Waals surface area contributed by atoms with E-state index in [9.17, 15) is 38.4 Å². The predicted octanol–water partition coefficient (Wildman–Crippen LogP) is 2.98. The third-order valence-electron chi connectivity index (χ3n) is 5.80. The zero-order chi connectivity index (χ0) is 29.5. The van der Waals surface area contributed by atoms with Crippen LogP contribution in [-0.4, -0.2) is 65.2 Å². The van der Waals surface area contributed by atoms with E-state index in [2.05, 4.69) is 25.0 Å². The van der Waals surface area contributed by atoms with Crippen LogP contribution in [0.15, 0.2) is 59.6 Å². The zero-order valence-electron chi connectivity index (χ0n) is 20.3. The molecule has 41 heavy (non-hydrogen) atoms. The Bertz CT molecular complexity index is 1650. The number of thioether (sulfide) groups is 1. The summed E-state index contributed by atoms with van der Waals surface area (Å²) in [6.07, 6.45) is 1.53. The van der Waals surface area contributed by atoms with Gasteiger partial charge in [0.1, 0.15) is 0 Å². The van der Waals surface area contributed by atoms with E-state index in [0.717, 1.165) is 12.1 Å². The highest BCUT2D eigenvalue weighted by molar-refractivity contribution is 8.00. The second-order valence-electron chi connectivity index (χ2n) is 8.64. The average molecular weight is 611 g/mol. The first-order valence-electron chi connectivity index (χ1n) is 11.5. The maximum atomic E-state index is 14.4. The molecule has 1 aliphatic heterocycles. The summed E-state index contributed by atoms with van der Waals surface area (Å²) >= 11 is 6.28. The fourth-order valence-electron chi connectivity index (χ4n) is 3.73. The average Bonchev–Trinajstić information content (AvgIpc) is 2.98. The number of carbonyl (C=O) groups is 1. The van der Waals surface area contributed by atoms with Gasteiger partial charge in [-0.1, -0.05) is 29.4 Å². The number of carbonyl (C=O) groups excluding carboxylic acids is 1. The molecule has 4 aromatic rings. The lowest BCUT2D eigenvalue weighted by molar-refractivity contribution is -0.438. The molecule has 1 amide bonds. The number of halogens is 4. The van der Waals surface area contributed by atoms with E-state index in [4.69, 9.17) is 16.3 Å². The lowest BCUT2D eigenvalue weighted by Gasteiger charge is -2.33. The van der Waals surface area contributed by atoms with Gasteiger partial charge in [-0.2, -0.15) is 8.78 Å². The third kappa shape index (κ3) is 5.86. The number of aliphatic hydroxyl groups is 4. The number of benzene rings is 1. The molecule has 0 fully saturated rings. The summed E-state index contributed by atoms with van der Waals surface area (Å²) in [6.45, 7) is -3.10. The van der Waals surface area contributed by atoms with Gasteiger partial charge in [-0.05, 0) is 36.4 Å². The normalized spacial score (nSPS) is 17.4. The van der Waals surface area contributed by atoms with Gasteiger partial charge in [0.2, 0.25) is 11.4 Å². The van der Waals surface area contributed by atoms with Crippen LogP contribution in [0.1, 0.15) is 16.1 Å². The van der Waals surface area contributed by atoms with Crippen molar-refractivity contribution in [3.8, 4) is 23.0 Å². The van der Waals surface area contributed by atoms with E-state index in [1.165, 1.54) is 18.3 Å². The number of ether oxygens (including phenoxy) is 2. The summed E-state index contributed by atoms with van der Waals surface area (Å²) in [5, 5.41) is 42.1. The second kappa shape index (κ2) is 10.9. The van der Waals surface area contributed by atoms with Crippen LogP contribution in [-0.2, 0) is 6.54 Å². The maximum absolute atomic E-state index is 14.4. The third-order valence-corrected chi connectivity index (χ3v) is 7.17. The van der Waals surface area contributed by atoms with E-state index in [1.54, 1.807) is 24.3 Å². The lowest BCUT2D eigenvalue weighted by Crippen LogP contribution is -2.62. The molecule has 16 heteroatoms. The van der Waals surface area contributed by atoms with Gasteiger partial charge >= 0.3 is 18.4 Å². The van der Waals surface area contributed by atoms with Crippen molar-refractivity contribution in [3.63, 3.8) is 0 Å². The summed E-state index contributed by atoms with van der Waals surface area (Å²) in [4.78, 5) is 25.5. The van der Waals surface area contributed by atoms with Crippen molar-refractivity contribution >= 4 is 40.2 Å². The molecule has 0 bridgehead atoms. The number of pyridine rings is 3. The highest BCUT2D eigenvalue weighted by atomic mass is 35.5. The summed E-state index contributed by atoms with van der Waals surface area (Å²) in [7, 11) is 0. The number of alkyl halides is 3. The Balaban J connectivity index is 1.34. The highest BCUT2D eigenvalue weighted by Crippen LogP contribution is 2.48. The molecule has 0 spiro atoms. The number of hydrogen-bond donors (Lipinski definition) is 5. The first-order valence-corrected chi connectivity index (χ1v) is 12.8. The van der Waals surface area contributed by atoms with E-state index in [1.807, 2.05) is 0 Å². The van der Waals surface area contributed by atoms with Crippen LogP contribution in [0, 0.1) is 0 Å². The lowest BCUT2D eigenvalue weighted by atomic mass is 10.1. The van der Waals surface area contributed by atoms with Gasteiger partial charge in [0.25, 0.3) is 5.91 Å². The molecule has 214 valence electrons. The first kappa shape index (κ1) is 28.8. The van der Waals surface area contributed by atoms with Crippen molar-refractivity contribution in [3.05, 3.63) is 71.0 Å².